The molecular formula is C11H13BN2. The van der Waals surface area contributed by atoms with E-state index < -0.39 is 0 Å². The van der Waals surface area contributed by atoms with Crippen molar-refractivity contribution in [3.05, 3.63) is 29.8 Å². The Morgan fingerprint density at radius 2 is 1.57 bits per heavy atom. The summed E-state index contributed by atoms with van der Waals surface area (Å²) in [6.07, 6.45) is 0. The molecule has 0 atom stereocenters. The Morgan fingerprint density at radius 1 is 1.00 bits per heavy atom. The molecule has 0 aliphatic heterocycles. The molecule has 0 aliphatic carbocycles. The second kappa shape index (κ2) is 4.75. The van der Waals surface area contributed by atoms with Crippen molar-refractivity contribution in [2.24, 2.45) is 10.2 Å². The van der Waals surface area contributed by atoms with Gasteiger partial charge in [0.1, 0.15) is 7.85 Å². The predicted molar refractivity (Wildman–Crippen MR) is 62.8 cm³/mol. The van der Waals surface area contributed by atoms with Crippen LogP contribution in [0.25, 0.3) is 0 Å². The van der Waals surface area contributed by atoms with Gasteiger partial charge in [0.15, 0.2) is 0 Å². The number of rotatable bonds is 2. The van der Waals surface area contributed by atoms with Gasteiger partial charge in [-0.2, -0.15) is 10.2 Å². The number of nitrogens with zero attached hydrogens (tertiary/aromatic N) is 2. The van der Waals surface area contributed by atoms with Crippen LogP contribution in [0.4, 0.5) is 0 Å². The first-order valence-electron chi connectivity index (χ1n) is 4.51. The molecule has 1 aromatic rings. The SMILES string of the molecule is [B]c1ccc(/C(C)=N\N=C(C)C)cc1. The first-order chi connectivity index (χ1) is 6.59. The summed E-state index contributed by atoms with van der Waals surface area (Å²) in [5, 5.41) is 8.08. The first-order valence-corrected chi connectivity index (χ1v) is 4.51. The fourth-order valence-electron chi connectivity index (χ4n) is 0.957. The molecule has 0 heterocycles. The smallest absolute Gasteiger partial charge is 0.113 e. The van der Waals surface area contributed by atoms with E-state index in [1.54, 1.807) is 0 Å². The van der Waals surface area contributed by atoms with Gasteiger partial charge in [-0.25, -0.2) is 0 Å². The van der Waals surface area contributed by atoms with Gasteiger partial charge < -0.3 is 0 Å². The van der Waals surface area contributed by atoms with Crippen LogP contribution >= 0.6 is 0 Å². The maximum atomic E-state index is 5.58. The van der Waals surface area contributed by atoms with Gasteiger partial charge in [-0.1, -0.05) is 29.7 Å². The molecule has 0 bridgehead atoms. The van der Waals surface area contributed by atoms with E-state index in [1.807, 2.05) is 45.0 Å². The second-order valence-electron chi connectivity index (χ2n) is 3.35. The highest BCUT2D eigenvalue weighted by molar-refractivity contribution is 6.32. The fraction of sp³-hybridized carbons (Fsp3) is 0.273. The van der Waals surface area contributed by atoms with Crippen LogP contribution in [-0.4, -0.2) is 19.3 Å². The minimum absolute atomic E-state index is 0.761. The van der Waals surface area contributed by atoms with Gasteiger partial charge in [0.05, 0.1) is 5.71 Å². The average molecular weight is 184 g/mol. The second-order valence-corrected chi connectivity index (χ2v) is 3.35. The number of hydrogen-bond acceptors (Lipinski definition) is 2. The third-order valence-corrected chi connectivity index (χ3v) is 1.73. The van der Waals surface area contributed by atoms with E-state index in [1.165, 1.54) is 0 Å². The third kappa shape index (κ3) is 3.17. The highest BCUT2D eigenvalue weighted by Gasteiger charge is 1.95. The van der Waals surface area contributed by atoms with Crippen molar-refractivity contribution < 1.29 is 0 Å². The molecule has 0 saturated heterocycles. The van der Waals surface area contributed by atoms with E-state index in [4.69, 9.17) is 7.85 Å². The van der Waals surface area contributed by atoms with Gasteiger partial charge in [-0.05, 0) is 26.3 Å². The molecule has 0 saturated carbocycles. The monoisotopic (exact) mass is 184 g/mol. The van der Waals surface area contributed by atoms with E-state index in [0.717, 1.165) is 22.4 Å². The van der Waals surface area contributed by atoms with Crippen LogP contribution in [0.3, 0.4) is 0 Å². The van der Waals surface area contributed by atoms with Gasteiger partial charge in [0.2, 0.25) is 0 Å². The van der Waals surface area contributed by atoms with Crippen molar-refractivity contribution in [3.8, 4) is 0 Å². The van der Waals surface area contributed by atoms with Crippen molar-refractivity contribution in [3.63, 3.8) is 0 Å². The quantitative estimate of drug-likeness (QED) is 0.379. The number of hydrogen-bond donors (Lipinski definition) is 0. The van der Waals surface area contributed by atoms with Gasteiger partial charge in [0.25, 0.3) is 0 Å². The summed E-state index contributed by atoms with van der Waals surface area (Å²) in [6.45, 7) is 5.76. The van der Waals surface area contributed by atoms with E-state index in [-0.39, 0.29) is 0 Å². The molecule has 0 N–H and O–H groups in total. The molecule has 0 aromatic heterocycles. The largest absolute Gasteiger partial charge is 0.160 e. The van der Waals surface area contributed by atoms with Crippen LogP contribution in [-0.2, 0) is 0 Å². The summed E-state index contributed by atoms with van der Waals surface area (Å²) in [5.74, 6) is 0. The Hall–Kier alpha value is -1.38. The van der Waals surface area contributed by atoms with E-state index in [9.17, 15) is 0 Å². The van der Waals surface area contributed by atoms with Crippen LogP contribution in [0.1, 0.15) is 26.3 Å². The number of benzene rings is 1. The van der Waals surface area contributed by atoms with E-state index in [0.29, 0.717) is 0 Å². The van der Waals surface area contributed by atoms with Crippen LogP contribution in [0.5, 0.6) is 0 Å². The summed E-state index contributed by atoms with van der Waals surface area (Å²) in [7, 11) is 5.58. The zero-order chi connectivity index (χ0) is 10.6. The highest BCUT2D eigenvalue weighted by atomic mass is 15.2. The molecule has 1 rings (SSSR count). The van der Waals surface area contributed by atoms with Crippen molar-refractivity contribution in [1.82, 2.24) is 0 Å². The van der Waals surface area contributed by atoms with Gasteiger partial charge in [-0.3, -0.25) is 0 Å². The maximum Gasteiger partial charge on any atom is 0.113 e. The van der Waals surface area contributed by atoms with Gasteiger partial charge in [0, 0.05) is 5.71 Å². The summed E-state index contributed by atoms with van der Waals surface area (Å²) in [6, 6.07) is 7.59. The maximum absolute atomic E-state index is 5.58. The average Bonchev–Trinajstić information content (AvgIpc) is 2.15. The minimum Gasteiger partial charge on any atom is -0.160 e. The van der Waals surface area contributed by atoms with Crippen LogP contribution in [0.2, 0.25) is 0 Å². The third-order valence-electron chi connectivity index (χ3n) is 1.73. The lowest BCUT2D eigenvalue weighted by Gasteiger charge is -1.99. The zero-order valence-electron chi connectivity index (χ0n) is 8.78. The lowest BCUT2D eigenvalue weighted by Crippen LogP contribution is -2.03. The molecule has 0 aliphatic rings. The van der Waals surface area contributed by atoms with E-state index in [2.05, 4.69) is 10.2 Å². The summed E-state index contributed by atoms with van der Waals surface area (Å²) in [4.78, 5) is 0. The normalized spacial score (nSPS) is 11.2. The molecule has 0 fully saturated rings. The fourth-order valence-corrected chi connectivity index (χ4v) is 0.957. The van der Waals surface area contributed by atoms with E-state index >= 15 is 0 Å². The highest BCUT2D eigenvalue weighted by Crippen LogP contribution is 1.99. The summed E-state index contributed by atoms with van der Waals surface area (Å²) >= 11 is 0. The Kier molecular flexibility index (Phi) is 3.63. The standard InChI is InChI=1S/C11H13BN2/c1-8(2)13-14-9(3)10-4-6-11(12)7-5-10/h4-7H,1-3H3/b14-9-. The van der Waals surface area contributed by atoms with Gasteiger partial charge >= 0.3 is 0 Å². The van der Waals surface area contributed by atoms with Crippen molar-refractivity contribution in [2.45, 2.75) is 20.8 Å². The Bertz CT molecular complexity index is 359. The molecule has 1 aromatic carbocycles. The van der Waals surface area contributed by atoms with Crippen molar-refractivity contribution >= 4 is 24.7 Å². The minimum atomic E-state index is 0.761. The molecule has 3 heteroatoms. The molecule has 14 heavy (non-hydrogen) atoms. The molecule has 2 nitrogen and oxygen atoms in total. The lowest BCUT2D eigenvalue weighted by molar-refractivity contribution is 1.21. The molecule has 2 radical (unpaired) electrons. The van der Waals surface area contributed by atoms with Crippen molar-refractivity contribution in [2.75, 3.05) is 0 Å². The summed E-state index contributed by atoms with van der Waals surface area (Å²) < 4.78 is 0. The lowest BCUT2D eigenvalue weighted by atomic mass is 9.95. The molecule has 0 spiro atoms. The zero-order valence-corrected chi connectivity index (χ0v) is 8.78. The topological polar surface area (TPSA) is 24.7 Å². The Morgan fingerprint density at radius 3 is 2.07 bits per heavy atom. The van der Waals surface area contributed by atoms with Crippen molar-refractivity contribution in [1.29, 1.82) is 0 Å². The van der Waals surface area contributed by atoms with Gasteiger partial charge in [-0.15, -0.1) is 0 Å². The molecule has 70 valence electrons. The Balaban J connectivity index is 2.89. The molecular weight excluding hydrogens is 171 g/mol. The predicted octanol–water partition coefficient (Wildman–Crippen LogP) is 1.69. The Labute approximate surface area is 86.2 Å². The summed E-state index contributed by atoms with van der Waals surface area (Å²) in [5.41, 5.74) is 3.65. The first kappa shape index (κ1) is 10.7. The van der Waals surface area contributed by atoms with Crippen LogP contribution < -0.4 is 5.46 Å². The molecule has 0 unspecified atom stereocenters. The van der Waals surface area contributed by atoms with Crippen LogP contribution in [0.15, 0.2) is 34.5 Å². The van der Waals surface area contributed by atoms with Crippen LogP contribution in [0, 0.1) is 0 Å². The molecule has 0 amide bonds.